The lowest BCUT2D eigenvalue weighted by atomic mass is 9.87. The Kier molecular flexibility index (Phi) is 4.63. The van der Waals surface area contributed by atoms with Crippen LogP contribution in [-0.2, 0) is 10.8 Å². The number of rotatable bonds is 6. The highest BCUT2D eigenvalue weighted by Gasteiger charge is 2.56. The molecule has 8 heteroatoms. The van der Waals surface area contributed by atoms with E-state index in [1.54, 1.807) is 28.8 Å². The van der Waals surface area contributed by atoms with E-state index in [4.69, 9.17) is 10.5 Å². The number of primary amides is 1. The normalized spacial score (nSPS) is 19.9. The van der Waals surface area contributed by atoms with Gasteiger partial charge in [0.1, 0.15) is 11.4 Å². The minimum Gasteiger partial charge on any atom is -0.497 e. The lowest BCUT2D eigenvalue weighted by molar-refractivity contribution is 0.0966. The van der Waals surface area contributed by atoms with E-state index in [9.17, 15) is 14.7 Å². The number of nitrogens with zero attached hydrogens (tertiary/aromatic N) is 3. The number of carbonyl (C=O) groups excluding carboxylic acids is 2. The minimum atomic E-state index is -0.627. The van der Waals surface area contributed by atoms with E-state index in [1.807, 2.05) is 43.3 Å². The summed E-state index contributed by atoms with van der Waals surface area (Å²) in [6.07, 6.45) is 3.25. The molecule has 3 aromatic rings. The average molecular weight is 473 g/mol. The molecule has 1 aliphatic heterocycles. The Morgan fingerprint density at radius 2 is 1.69 bits per heavy atom. The Labute approximate surface area is 203 Å². The van der Waals surface area contributed by atoms with Gasteiger partial charge in [-0.1, -0.05) is 12.1 Å². The number of aromatic nitrogens is 2. The van der Waals surface area contributed by atoms with Gasteiger partial charge in [-0.2, -0.15) is 5.10 Å². The Morgan fingerprint density at radius 3 is 2.20 bits per heavy atom. The van der Waals surface area contributed by atoms with Crippen molar-refractivity contribution in [1.29, 1.82) is 0 Å². The van der Waals surface area contributed by atoms with Gasteiger partial charge < -0.3 is 20.5 Å². The number of fused-ring (bicyclic) bond motifs is 2. The van der Waals surface area contributed by atoms with Crippen LogP contribution >= 0.6 is 0 Å². The van der Waals surface area contributed by atoms with Crippen molar-refractivity contribution < 1.29 is 19.4 Å². The van der Waals surface area contributed by atoms with E-state index in [0.29, 0.717) is 29.2 Å². The molecule has 1 aromatic heterocycles. The molecule has 0 radical (unpaired) electrons. The number of methoxy groups -OCH3 is 1. The molecule has 2 heterocycles. The summed E-state index contributed by atoms with van der Waals surface area (Å²) >= 11 is 0. The molecule has 1 atom stereocenters. The van der Waals surface area contributed by atoms with E-state index in [2.05, 4.69) is 5.10 Å². The van der Waals surface area contributed by atoms with E-state index >= 15 is 0 Å². The molecule has 0 bridgehead atoms. The summed E-state index contributed by atoms with van der Waals surface area (Å²) in [5, 5.41) is 14.8. The van der Waals surface area contributed by atoms with Crippen LogP contribution < -0.4 is 15.4 Å². The summed E-state index contributed by atoms with van der Waals surface area (Å²) in [5.41, 5.74) is 9.01. The zero-order valence-corrected chi connectivity index (χ0v) is 19.8. The van der Waals surface area contributed by atoms with Crippen molar-refractivity contribution in [2.75, 3.05) is 18.6 Å². The lowest BCUT2D eigenvalue weighted by Crippen LogP contribution is -2.44. The van der Waals surface area contributed by atoms with Gasteiger partial charge in [0.2, 0.25) is 0 Å². The second-order valence-corrected chi connectivity index (χ2v) is 10.1. The third-order valence-corrected chi connectivity index (χ3v) is 8.07. The lowest BCUT2D eigenvalue weighted by Gasteiger charge is -2.34. The topological polar surface area (TPSA) is 111 Å². The van der Waals surface area contributed by atoms with Crippen molar-refractivity contribution in [3.63, 3.8) is 0 Å². The predicted molar refractivity (Wildman–Crippen MR) is 130 cm³/mol. The number of benzene rings is 2. The molecule has 2 aliphatic carbocycles. The number of nitrogens with two attached hydrogens (primary N) is 1. The van der Waals surface area contributed by atoms with Gasteiger partial charge in [-0.05, 0) is 74.6 Å². The summed E-state index contributed by atoms with van der Waals surface area (Å²) in [5.74, 6) is -0.154. The maximum absolute atomic E-state index is 13.9. The van der Waals surface area contributed by atoms with Gasteiger partial charge in [-0.15, -0.1) is 0 Å². The van der Waals surface area contributed by atoms with E-state index in [0.717, 1.165) is 36.9 Å². The average Bonchev–Trinajstić information content (AvgIpc) is 3.79. The van der Waals surface area contributed by atoms with Gasteiger partial charge in [0.05, 0.1) is 18.9 Å². The van der Waals surface area contributed by atoms with Crippen LogP contribution in [0.4, 0.5) is 5.69 Å². The van der Waals surface area contributed by atoms with Crippen molar-refractivity contribution in [3.8, 4) is 11.4 Å². The van der Waals surface area contributed by atoms with Crippen LogP contribution in [-0.4, -0.2) is 46.5 Å². The molecule has 3 N–H and O–H groups in total. The first-order chi connectivity index (χ1) is 16.8. The van der Waals surface area contributed by atoms with Crippen LogP contribution in [0.2, 0.25) is 0 Å². The molecule has 2 aromatic carbocycles. The quantitative estimate of drug-likeness (QED) is 0.573. The highest BCUT2D eigenvalue weighted by Crippen LogP contribution is 2.55. The molecular weight excluding hydrogens is 444 g/mol. The number of hydrogen-bond donors (Lipinski definition) is 2. The van der Waals surface area contributed by atoms with E-state index < -0.39 is 12.0 Å². The van der Waals surface area contributed by atoms with Gasteiger partial charge in [0, 0.05) is 28.6 Å². The largest absolute Gasteiger partial charge is 0.497 e. The second-order valence-electron chi connectivity index (χ2n) is 10.1. The molecule has 1 spiro atoms. The first-order valence-corrected chi connectivity index (χ1v) is 12.0. The molecule has 8 nitrogen and oxygen atoms in total. The van der Waals surface area contributed by atoms with Gasteiger partial charge in [-0.25, -0.2) is 4.68 Å². The molecule has 2 amide bonds. The fourth-order valence-electron chi connectivity index (χ4n) is 5.61. The molecule has 1 unspecified atom stereocenters. The van der Waals surface area contributed by atoms with Crippen LogP contribution in [0.15, 0.2) is 48.5 Å². The molecule has 0 saturated heterocycles. The standard InChI is InChI=1S/C27H28N4O4/c1-16(32)27(13-14-27)17-3-5-18(6-4-17)30-15-26(11-12-26)21-22(24(28)33)29-31(23(21)25(30)34)19-7-9-20(35-2)10-8-19/h3-10,16,32H,11-15H2,1-2H3,(H2,28,33). The Morgan fingerprint density at radius 1 is 1.06 bits per heavy atom. The number of ether oxygens (including phenoxy) is 1. The minimum absolute atomic E-state index is 0.168. The smallest absolute Gasteiger partial charge is 0.277 e. The third-order valence-electron chi connectivity index (χ3n) is 8.07. The molecule has 180 valence electrons. The number of aliphatic hydroxyl groups is 1. The Bertz CT molecular complexity index is 1330. The SMILES string of the molecule is COc1ccc(-n2nc(C(N)=O)c3c2C(=O)N(c2ccc(C4(C(C)O)CC4)cc2)CC32CC2)cc1. The Hall–Kier alpha value is -3.65. The summed E-state index contributed by atoms with van der Waals surface area (Å²) in [6.45, 7) is 2.32. The summed E-state index contributed by atoms with van der Waals surface area (Å²) < 4.78 is 6.80. The zero-order chi connectivity index (χ0) is 24.5. The van der Waals surface area contributed by atoms with Gasteiger partial charge in [-0.3, -0.25) is 9.59 Å². The summed E-state index contributed by atoms with van der Waals surface area (Å²) in [7, 11) is 1.59. The van der Waals surface area contributed by atoms with Crippen LogP contribution in [0.1, 0.15) is 64.7 Å². The first kappa shape index (κ1) is 21.9. The molecule has 2 fully saturated rings. The number of amides is 2. The first-order valence-electron chi connectivity index (χ1n) is 12.0. The van der Waals surface area contributed by atoms with Crippen molar-refractivity contribution >= 4 is 17.5 Å². The molecule has 6 rings (SSSR count). The maximum Gasteiger partial charge on any atom is 0.277 e. The highest BCUT2D eigenvalue weighted by molar-refractivity contribution is 6.10. The maximum atomic E-state index is 13.9. The van der Waals surface area contributed by atoms with Crippen LogP contribution in [0.25, 0.3) is 5.69 Å². The highest BCUT2D eigenvalue weighted by atomic mass is 16.5. The fourth-order valence-corrected chi connectivity index (χ4v) is 5.61. The van der Waals surface area contributed by atoms with Gasteiger partial charge in [0.25, 0.3) is 11.8 Å². The zero-order valence-electron chi connectivity index (χ0n) is 19.8. The number of aliphatic hydroxyl groups excluding tert-OH is 1. The number of carbonyl (C=O) groups is 2. The van der Waals surface area contributed by atoms with E-state index in [-0.39, 0.29) is 22.4 Å². The van der Waals surface area contributed by atoms with Crippen LogP contribution in [0.5, 0.6) is 5.75 Å². The van der Waals surface area contributed by atoms with Crippen molar-refractivity contribution in [2.45, 2.75) is 49.5 Å². The van der Waals surface area contributed by atoms with Gasteiger partial charge >= 0.3 is 0 Å². The fraction of sp³-hybridized carbons (Fsp3) is 0.370. The van der Waals surface area contributed by atoms with Crippen LogP contribution in [0.3, 0.4) is 0 Å². The van der Waals surface area contributed by atoms with E-state index in [1.165, 1.54) is 0 Å². The molecule has 2 saturated carbocycles. The molecule has 35 heavy (non-hydrogen) atoms. The monoisotopic (exact) mass is 472 g/mol. The third kappa shape index (κ3) is 3.20. The van der Waals surface area contributed by atoms with Crippen molar-refractivity contribution in [1.82, 2.24) is 9.78 Å². The van der Waals surface area contributed by atoms with Crippen molar-refractivity contribution in [3.05, 3.63) is 71.0 Å². The van der Waals surface area contributed by atoms with Crippen LogP contribution in [0, 0.1) is 0 Å². The molecule has 3 aliphatic rings. The predicted octanol–water partition coefficient (Wildman–Crippen LogP) is 3.08. The van der Waals surface area contributed by atoms with Crippen molar-refractivity contribution in [2.24, 2.45) is 5.73 Å². The summed E-state index contributed by atoms with van der Waals surface area (Å²) in [4.78, 5) is 28.1. The van der Waals surface area contributed by atoms with Gasteiger partial charge in [0.15, 0.2) is 5.69 Å². The second kappa shape index (κ2) is 7.42. The number of hydrogen-bond acceptors (Lipinski definition) is 5. The summed E-state index contributed by atoms with van der Waals surface area (Å²) in [6, 6.07) is 15.2. The molecular formula is C27H28N4O4. The Balaban J connectivity index is 1.44. The number of anilines is 1.